The first-order valence-corrected chi connectivity index (χ1v) is 11.1. The third-order valence-corrected chi connectivity index (χ3v) is 5.44. The molecule has 174 valence electrons. The molecule has 1 saturated heterocycles. The first-order chi connectivity index (χ1) is 16.6. The Kier molecular flexibility index (Phi) is 5.96. The lowest BCUT2D eigenvalue weighted by Gasteiger charge is -2.29. The number of imidazole rings is 1. The second-order valence-electron chi connectivity index (χ2n) is 7.69. The number of para-hydroxylation sites is 2. The summed E-state index contributed by atoms with van der Waals surface area (Å²) in [6.45, 7) is 4.37. The lowest BCUT2D eigenvalue weighted by atomic mass is 10.2. The van der Waals surface area contributed by atoms with Crippen LogP contribution in [0, 0.1) is 0 Å². The van der Waals surface area contributed by atoms with Gasteiger partial charge in [-0.3, -0.25) is 0 Å². The zero-order valence-electron chi connectivity index (χ0n) is 18.6. The molecule has 1 aliphatic heterocycles. The highest BCUT2D eigenvalue weighted by Gasteiger charge is 2.26. The van der Waals surface area contributed by atoms with E-state index < -0.39 is 5.97 Å². The Labute approximate surface area is 195 Å². The van der Waals surface area contributed by atoms with Crippen LogP contribution in [0.1, 0.15) is 17.4 Å². The average Bonchev–Trinajstić information content (AvgIpc) is 3.27. The van der Waals surface area contributed by atoms with Crippen molar-refractivity contribution in [2.45, 2.75) is 6.92 Å². The largest absolute Gasteiger partial charge is 0.488 e. The van der Waals surface area contributed by atoms with E-state index in [9.17, 15) is 9.90 Å². The molecule has 3 N–H and O–H groups in total. The molecular weight excluding hydrogens is 436 g/mol. The maximum atomic E-state index is 12.0. The summed E-state index contributed by atoms with van der Waals surface area (Å²) in [7, 11) is 0. The Morgan fingerprint density at radius 3 is 2.59 bits per heavy atom. The summed E-state index contributed by atoms with van der Waals surface area (Å²) < 4.78 is 11.1. The summed E-state index contributed by atoms with van der Waals surface area (Å²) in [6.07, 6.45) is 0. The van der Waals surface area contributed by atoms with E-state index in [2.05, 4.69) is 20.3 Å². The highest BCUT2D eigenvalue weighted by Crippen LogP contribution is 2.33. The molecule has 1 aliphatic rings. The zero-order chi connectivity index (χ0) is 23.5. The third-order valence-electron chi connectivity index (χ3n) is 5.44. The number of nitrogens with one attached hydrogen (secondary N) is 2. The molecule has 10 nitrogen and oxygen atoms in total. The van der Waals surface area contributed by atoms with Crippen LogP contribution in [-0.2, 0) is 4.74 Å². The second kappa shape index (κ2) is 9.36. The zero-order valence-corrected chi connectivity index (χ0v) is 18.6. The van der Waals surface area contributed by atoms with Gasteiger partial charge in [0.05, 0.1) is 30.9 Å². The van der Waals surface area contributed by atoms with Gasteiger partial charge in [-0.1, -0.05) is 12.1 Å². The smallest absolute Gasteiger partial charge is 0.358 e. The minimum atomic E-state index is -1.16. The van der Waals surface area contributed by atoms with Crippen molar-refractivity contribution in [2.75, 3.05) is 43.1 Å². The molecule has 0 atom stereocenters. The van der Waals surface area contributed by atoms with Crippen molar-refractivity contribution in [3.63, 3.8) is 0 Å². The van der Waals surface area contributed by atoms with Gasteiger partial charge in [0, 0.05) is 24.3 Å². The Hall–Kier alpha value is -4.18. The Morgan fingerprint density at radius 1 is 1.12 bits per heavy atom. The van der Waals surface area contributed by atoms with Crippen LogP contribution in [0.5, 0.6) is 5.75 Å². The van der Waals surface area contributed by atoms with Crippen molar-refractivity contribution in [1.29, 1.82) is 0 Å². The van der Waals surface area contributed by atoms with Crippen LogP contribution >= 0.6 is 0 Å². The molecule has 0 radical (unpaired) electrons. The minimum absolute atomic E-state index is 0.155. The number of rotatable bonds is 7. The van der Waals surface area contributed by atoms with Crippen LogP contribution in [0.15, 0.2) is 48.5 Å². The average molecular weight is 460 g/mol. The first-order valence-electron chi connectivity index (χ1n) is 11.1. The van der Waals surface area contributed by atoms with Gasteiger partial charge < -0.3 is 29.8 Å². The van der Waals surface area contributed by atoms with E-state index in [1.54, 1.807) is 6.92 Å². The lowest BCUT2D eigenvalue weighted by molar-refractivity contribution is 0.0685. The molecule has 10 heteroatoms. The van der Waals surface area contributed by atoms with Crippen molar-refractivity contribution in [3.8, 4) is 17.1 Å². The number of nitrogens with zero attached hydrogens (tertiary/aromatic N) is 4. The van der Waals surface area contributed by atoms with Crippen LogP contribution in [0.2, 0.25) is 0 Å². The summed E-state index contributed by atoms with van der Waals surface area (Å²) in [4.78, 5) is 30.8. The van der Waals surface area contributed by atoms with Crippen LogP contribution in [0.4, 0.5) is 17.5 Å². The van der Waals surface area contributed by atoms with E-state index in [0.29, 0.717) is 56.1 Å². The number of carboxylic acid groups (broad SMARTS) is 1. The maximum Gasteiger partial charge on any atom is 0.358 e. The number of morpholine rings is 1. The summed E-state index contributed by atoms with van der Waals surface area (Å²) >= 11 is 0. The lowest BCUT2D eigenvalue weighted by Crippen LogP contribution is -2.37. The number of aromatic carboxylic acids is 1. The minimum Gasteiger partial charge on any atom is -0.488 e. The van der Waals surface area contributed by atoms with Crippen LogP contribution in [0.25, 0.3) is 22.4 Å². The molecule has 2 aromatic carbocycles. The summed E-state index contributed by atoms with van der Waals surface area (Å²) in [6, 6.07) is 15.2. The fourth-order valence-electron chi connectivity index (χ4n) is 3.83. The highest BCUT2D eigenvalue weighted by molar-refractivity contribution is 5.91. The SMILES string of the molecule is CCOc1c(C(=O)O)nc(-c2ccc(Nc3nc4ccccc4[nH]3)cc2)nc1N1CCOCC1. The number of carbonyl (C=O) groups is 1. The number of anilines is 3. The second-order valence-corrected chi connectivity index (χ2v) is 7.69. The predicted molar refractivity (Wildman–Crippen MR) is 128 cm³/mol. The van der Waals surface area contributed by atoms with Gasteiger partial charge in [-0.25, -0.2) is 19.7 Å². The number of aromatic amines is 1. The van der Waals surface area contributed by atoms with Gasteiger partial charge in [0.2, 0.25) is 5.95 Å². The number of fused-ring (bicyclic) bond motifs is 1. The fraction of sp³-hybridized carbons (Fsp3) is 0.250. The Bertz CT molecular complexity index is 1280. The van der Waals surface area contributed by atoms with E-state index in [1.165, 1.54) is 0 Å². The molecule has 0 aliphatic carbocycles. The monoisotopic (exact) mass is 460 g/mol. The van der Waals surface area contributed by atoms with Gasteiger partial charge in [-0.15, -0.1) is 0 Å². The Balaban J connectivity index is 1.47. The van der Waals surface area contributed by atoms with Crippen LogP contribution in [0.3, 0.4) is 0 Å². The number of ether oxygens (including phenoxy) is 2. The van der Waals surface area contributed by atoms with Crippen molar-refractivity contribution >= 4 is 34.5 Å². The maximum absolute atomic E-state index is 12.0. The van der Waals surface area contributed by atoms with Gasteiger partial charge in [-0.2, -0.15) is 0 Å². The molecule has 3 heterocycles. The molecule has 2 aromatic heterocycles. The number of H-pyrrole nitrogens is 1. The van der Waals surface area contributed by atoms with E-state index in [0.717, 1.165) is 16.7 Å². The Morgan fingerprint density at radius 2 is 1.88 bits per heavy atom. The quantitative estimate of drug-likeness (QED) is 0.378. The van der Waals surface area contributed by atoms with Gasteiger partial charge in [0.1, 0.15) is 0 Å². The van der Waals surface area contributed by atoms with E-state index in [-0.39, 0.29) is 11.4 Å². The number of hydrogen-bond acceptors (Lipinski definition) is 8. The van der Waals surface area contributed by atoms with Crippen molar-refractivity contribution in [1.82, 2.24) is 19.9 Å². The molecule has 0 spiro atoms. The first kappa shape index (κ1) is 21.7. The van der Waals surface area contributed by atoms with Gasteiger partial charge in [0.15, 0.2) is 23.1 Å². The fourth-order valence-corrected chi connectivity index (χ4v) is 3.83. The van der Waals surface area contributed by atoms with Crippen molar-refractivity contribution in [2.24, 2.45) is 0 Å². The number of carboxylic acids is 1. The van der Waals surface area contributed by atoms with Gasteiger partial charge in [0.25, 0.3) is 0 Å². The van der Waals surface area contributed by atoms with E-state index in [4.69, 9.17) is 14.5 Å². The van der Waals surface area contributed by atoms with Gasteiger partial charge in [-0.05, 0) is 43.3 Å². The highest BCUT2D eigenvalue weighted by atomic mass is 16.5. The molecule has 0 saturated carbocycles. The molecule has 34 heavy (non-hydrogen) atoms. The van der Waals surface area contributed by atoms with Crippen LogP contribution < -0.4 is 15.0 Å². The van der Waals surface area contributed by atoms with Crippen LogP contribution in [-0.4, -0.2) is 63.9 Å². The van der Waals surface area contributed by atoms with E-state index >= 15 is 0 Å². The number of benzene rings is 2. The predicted octanol–water partition coefficient (Wildman–Crippen LogP) is 3.70. The standard InChI is InChI=1S/C24H24N6O4/c1-2-34-20-19(23(31)32)28-21(29-22(20)30-11-13-33-14-12-30)15-7-9-16(10-8-15)25-24-26-17-5-3-4-6-18(17)27-24/h3-10H,2,11-14H2,1H3,(H,31,32)(H2,25,26,27). The summed E-state index contributed by atoms with van der Waals surface area (Å²) in [5, 5.41) is 13.1. The summed E-state index contributed by atoms with van der Waals surface area (Å²) in [5.74, 6) is 0.442. The molecule has 4 aromatic rings. The molecule has 0 unspecified atom stereocenters. The van der Waals surface area contributed by atoms with Crippen molar-refractivity contribution in [3.05, 3.63) is 54.2 Å². The normalized spacial score (nSPS) is 13.7. The van der Waals surface area contributed by atoms with E-state index in [1.807, 2.05) is 53.4 Å². The number of aromatic nitrogens is 4. The third kappa shape index (κ3) is 4.35. The topological polar surface area (TPSA) is 125 Å². The molecule has 1 fully saturated rings. The van der Waals surface area contributed by atoms with Crippen molar-refractivity contribution < 1.29 is 19.4 Å². The van der Waals surface area contributed by atoms with Gasteiger partial charge >= 0.3 is 5.97 Å². The number of hydrogen-bond donors (Lipinski definition) is 3. The summed E-state index contributed by atoms with van der Waals surface area (Å²) in [5.41, 5.74) is 3.18. The molecule has 5 rings (SSSR count). The molecular formula is C24H24N6O4. The molecule has 0 amide bonds. The molecule has 0 bridgehead atoms.